The van der Waals surface area contributed by atoms with E-state index in [-0.39, 0.29) is 12.1 Å². The number of nitrogens with two attached hydrogens (primary N) is 1. The molecule has 0 saturated carbocycles. The molecule has 0 spiro atoms. The highest BCUT2D eigenvalue weighted by Crippen LogP contribution is 2.18. The predicted molar refractivity (Wildman–Crippen MR) is 52.7 cm³/mol. The van der Waals surface area contributed by atoms with Crippen molar-refractivity contribution in [3.8, 4) is 0 Å². The van der Waals surface area contributed by atoms with Crippen LogP contribution in [0.25, 0.3) is 0 Å². The summed E-state index contributed by atoms with van der Waals surface area (Å²) in [6.07, 6.45) is 1.21. The third-order valence-electron chi connectivity index (χ3n) is 2.97. The summed E-state index contributed by atoms with van der Waals surface area (Å²) in [5.74, 6) is 0. The first-order valence-corrected chi connectivity index (χ1v) is 5.30. The van der Waals surface area contributed by atoms with Crippen LogP contribution in [-0.2, 0) is 4.74 Å². The number of hydrogen-bond acceptors (Lipinski definition) is 5. The maximum Gasteiger partial charge on any atom is 0.170 e. The summed E-state index contributed by atoms with van der Waals surface area (Å²) in [5, 5.41) is 16.2. The third-order valence-corrected chi connectivity index (χ3v) is 2.97. The Bertz CT molecular complexity index is 187. The van der Waals surface area contributed by atoms with Crippen LogP contribution in [0.2, 0.25) is 0 Å². The van der Waals surface area contributed by atoms with Crippen LogP contribution in [0.3, 0.4) is 0 Å². The monoisotopic (exact) mass is 201 g/mol. The Kier molecular flexibility index (Phi) is 3.35. The van der Waals surface area contributed by atoms with Gasteiger partial charge in [-0.15, -0.1) is 0 Å². The van der Waals surface area contributed by atoms with E-state index in [0.717, 1.165) is 25.9 Å². The molecule has 82 valence electrons. The molecule has 0 unspecified atom stereocenters. The minimum atomic E-state index is -0.696. The molecule has 5 N–H and O–H groups in total. The summed E-state index contributed by atoms with van der Waals surface area (Å²) in [5.41, 5.74) is 5.48. The molecule has 2 aliphatic heterocycles. The van der Waals surface area contributed by atoms with Gasteiger partial charge in [-0.25, -0.2) is 0 Å². The minimum Gasteiger partial charge on any atom is -0.367 e. The van der Waals surface area contributed by atoms with Gasteiger partial charge in [-0.3, -0.25) is 0 Å². The fourth-order valence-corrected chi connectivity index (χ4v) is 1.92. The Morgan fingerprint density at radius 2 is 2.21 bits per heavy atom. The van der Waals surface area contributed by atoms with Gasteiger partial charge in [-0.05, 0) is 12.8 Å². The van der Waals surface area contributed by atoms with Gasteiger partial charge in [0.15, 0.2) is 6.29 Å². The van der Waals surface area contributed by atoms with Gasteiger partial charge in [-0.1, -0.05) is 0 Å². The molecule has 0 aromatic carbocycles. The average Bonchev–Trinajstić information content (AvgIpc) is 2.13. The van der Waals surface area contributed by atoms with E-state index in [1.54, 1.807) is 0 Å². The Hall–Kier alpha value is -0.200. The minimum absolute atomic E-state index is 0.0302. The van der Waals surface area contributed by atoms with E-state index in [0.29, 0.717) is 12.6 Å². The number of nitrogens with one attached hydrogen (secondary N) is 2. The predicted octanol–water partition coefficient (Wildman–Crippen LogP) is -1.63. The van der Waals surface area contributed by atoms with Crippen molar-refractivity contribution in [1.29, 1.82) is 0 Å². The first kappa shape index (κ1) is 10.3. The molecule has 3 atom stereocenters. The van der Waals surface area contributed by atoms with Gasteiger partial charge in [0.1, 0.15) is 0 Å². The van der Waals surface area contributed by atoms with Crippen molar-refractivity contribution >= 4 is 0 Å². The summed E-state index contributed by atoms with van der Waals surface area (Å²) >= 11 is 0. The zero-order chi connectivity index (χ0) is 9.97. The molecule has 0 bridgehead atoms. The Balaban J connectivity index is 1.76. The van der Waals surface area contributed by atoms with Gasteiger partial charge in [0.2, 0.25) is 0 Å². The van der Waals surface area contributed by atoms with E-state index < -0.39 is 6.29 Å². The van der Waals surface area contributed by atoms with Crippen LogP contribution in [0.15, 0.2) is 0 Å². The van der Waals surface area contributed by atoms with E-state index in [4.69, 9.17) is 10.5 Å². The zero-order valence-corrected chi connectivity index (χ0v) is 8.28. The molecule has 5 nitrogen and oxygen atoms in total. The van der Waals surface area contributed by atoms with Crippen molar-refractivity contribution in [3.63, 3.8) is 0 Å². The highest BCUT2D eigenvalue weighted by atomic mass is 16.6. The molecule has 2 rings (SSSR count). The van der Waals surface area contributed by atoms with Gasteiger partial charge >= 0.3 is 0 Å². The lowest BCUT2D eigenvalue weighted by Gasteiger charge is -2.38. The number of aliphatic hydroxyl groups excluding tert-OH is 1. The average molecular weight is 201 g/mol. The molecule has 0 aromatic heterocycles. The Morgan fingerprint density at radius 3 is 2.71 bits per heavy atom. The second-order valence-corrected chi connectivity index (χ2v) is 4.09. The van der Waals surface area contributed by atoms with Crippen molar-refractivity contribution in [2.24, 2.45) is 5.73 Å². The standard InChI is InChI=1S/C9H19N3O2/c10-3-7-1-2-8(9(13)14-7)12-6-4-11-5-6/h6-9,11-13H,1-5,10H2/t7-,8+,9-/m0/s1. The Morgan fingerprint density at radius 1 is 1.43 bits per heavy atom. The quantitative estimate of drug-likeness (QED) is 0.441. The molecule has 2 heterocycles. The zero-order valence-electron chi connectivity index (χ0n) is 8.28. The lowest BCUT2D eigenvalue weighted by molar-refractivity contribution is -0.177. The van der Waals surface area contributed by atoms with Crippen LogP contribution in [0.4, 0.5) is 0 Å². The van der Waals surface area contributed by atoms with E-state index in [2.05, 4.69) is 10.6 Å². The number of aliphatic hydroxyl groups is 1. The topological polar surface area (TPSA) is 79.5 Å². The summed E-state index contributed by atoms with van der Waals surface area (Å²) in [6, 6.07) is 0.567. The smallest absolute Gasteiger partial charge is 0.170 e. The molecule has 14 heavy (non-hydrogen) atoms. The van der Waals surface area contributed by atoms with Gasteiger partial charge in [0.05, 0.1) is 12.1 Å². The summed E-state index contributed by atoms with van der Waals surface area (Å²) in [7, 11) is 0. The largest absolute Gasteiger partial charge is 0.367 e. The van der Waals surface area contributed by atoms with Crippen molar-refractivity contribution in [2.75, 3.05) is 19.6 Å². The molecule has 5 heteroatoms. The molecular weight excluding hydrogens is 182 g/mol. The fraction of sp³-hybridized carbons (Fsp3) is 1.00. The fourth-order valence-electron chi connectivity index (χ4n) is 1.92. The van der Waals surface area contributed by atoms with Crippen LogP contribution in [0, 0.1) is 0 Å². The molecule has 0 aliphatic carbocycles. The van der Waals surface area contributed by atoms with Crippen LogP contribution >= 0.6 is 0 Å². The van der Waals surface area contributed by atoms with Crippen molar-refractivity contribution in [3.05, 3.63) is 0 Å². The van der Waals surface area contributed by atoms with E-state index >= 15 is 0 Å². The molecular formula is C9H19N3O2. The van der Waals surface area contributed by atoms with Gasteiger partial charge < -0.3 is 26.2 Å². The van der Waals surface area contributed by atoms with Crippen molar-refractivity contribution < 1.29 is 9.84 Å². The van der Waals surface area contributed by atoms with Crippen LogP contribution in [0.5, 0.6) is 0 Å². The highest BCUT2D eigenvalue weighted by molar-refractivity contribution is 4.88. The number of hydrogen-bond donors (Lipinski definition) is 4. The van der Waals surface area contributed by atoms with Gasteiger partial charge in [0, 0.05) is 25.7 Å². The van der Waals surface area contributed by atoms with Gasteiger partial charge in [-0.2, -0.15) is 0 Å². The first-order valence-electron chi connectivity index (χ1n) is 5.30. The molecule has 2 aliphatic rings. The maximum absolute atomic E-state index is 9.68. The van der Waals surface area contributed by atoms with Crippen LogP contribution in [0.1, 0.15) is 12.8 Å². The first-order chi connectivity index (χ1) is 6.79. The normalized spacial score (nSPS) is 39.4. The lowest BCUT2D eigenvalue weighted by Crippen LogP contribution is -2.61. The summed E-state index contributed by atoms with van der Waals surface area (Å²) < 4.78 is 5.37. The molecule has 0 radical (unpaired) electrons. The summed E-state index contributed by atoms with van der Waals surface area (Å²) in [4.78, 5) is 0. The van der Waals surface area contributed by atoms with Gasteiger partial charge in [0.25, 0.3) is 0 Å². The van der Waals surface area contributed by atoms with E-state index in [1.807, 2.05) is 0 Å². The number of ether oxygens (including phenoxy) is 1. The molecule has 2 fully saturated rings. The molecule has 2 saturated heterocycles. The lowest BCUT2D eigenvalue weighted by atomic mass is 10.0. The molecule has 0 amide bonds. The van der Waals surface area contributed by atoms with Crippen molar-refractivity contribution in [1.82, 2.24) is 10.6 Å². The van der Waals surface area contributed by atoms with E-state index in [1.165, 1.54) is 0 Å². The third kappa shape index (κ3) is 2.24. The highest BCUT2D eigenvalue weighted by Gasteiger charge is 2.31. The maximum atomic E-state index is 9.68. The molecule has 0 aromatic rings. The van der Waals surface area contributed by atoms with E-state index in [9.17, 15) is 5.11 Å². The SMILES string of the molecule is NC[C@@H]1CC[C@@H](NC2CNC2)[C@@H](O)O1. The second kappa shape index (κ2) is 4.55. The van der Waals surface area contributed by atoms with Crippen LogP contribution in [-0.4, -0.2) is 49.2 Å². The Labute approximate surface area is 84.0 Å². The second-order valence-electron chi connectivity index (χ2n) is 4.09. The summed E-state index contributed by atoms with van der Waals surface area (Å²) in [6.45, 7) is 2.47. The van der Waals surface area contributed by atoms with Crippen LogP contribution < -0.4 is 16.4 Å². The van der Waals surface area contributed by atoms with Crippen molar-refractivity contribution in [2.45, 2.75) is 37.3 Å². The number of rotatable bonds is 3.